The molecule has 86 valence electrons. The number of piperidine rings is 1. The van der Waals surface area contributed by atoms with E-state index in [9.17, 15) is 0 Å². The molecule has 2 N–H and O–H groups in total. The van der Waals surface area contributed by atoms with Crippen LogP contribution < -0.4 is 5.73 Å². The Kier molecular flexibility index (Phi) is 3.62. The minimum absolute atomic E-state index is 0.534. The maximum atomic E-state index is 5.75. The maximum absolute atomic E-state index is 5.75. The fourth-order valence-electron chi connectivity index (χ4n) is 2.30. The van der Waals surface area contributed by atoms with E-state index >= 15 is 0 Å². The molecule has 1 fully saturated rings. The molecule has 16 heavy (non-hydrogen) atoms. The van der Waals surface area contributed by atoms with Crippen LogP contribution in [-0.2, 0) is 6.54 Å². The van der Waals surface area contributed by atoms with Crippen molar-refractivity contribution in [2.45, 2.75) is 19.4 Å². The summed E-state index contributed by atoms with van der Waals surface area (Å²) in [7, 11) is 0. The first kappa shape index (κ1) is 11.2. The lowest BCUT2D eigenvalue weighted by atomic mass is 9.94. The van der Waals surface area contributed by atoms with Gasteiger partial charge >= 0.3 is 0 Å². The van der Waals surface area contributed by atoms with Crippen LogP contribution in [0.3, 0.4) is 0 Å². The van der Waals surface area contributed by atoms with Crippen molar-refractivity contribution in [1.29, 1.82) is 0 Å². The zero-order valence-electron chi connectivity index (χ0n) is 9.73. The van der Waals surface area contributed by atoms with E-state index in [1.165, 1.54) is 5.56 Å². The van der Waals surface area contributed by atoms with E-state index in [0.29, 0.717) is 5.92 Å². The molecule has 0 bridgehead atoms. The average molecular weight is 216 g/mol. The number of benzene rings is 1. The molecule has 0 aliphatic carbocycles. The minimum atomic E-state index is 0.534. The van der Waals surface area contributed by atoms with E-state index in [-0.39, 0.29) is 0 Å². The SMILES string of the molecule is C=C(N)C1CCN(Cc2ccccc2)CC1. The van der Waals surface area contributed by atoms with Crippen LogP contribution in [0.5, 0.6) is 0 Å². The molecular weight excluding hydrogens is 196 g/mol. The summed E-state index contributed by atoms with van der Waals surface area (Å²) >= 11 is 0. The molecule has 2 heteroatoms. The van der Waals surface area contributed by atoms with E-state index in [1.807, 2.05) is 0 Å². The summed E-state index contributed by atoms with van der Waals surface area (Å²) in [5.74, 6) is 0.534. The van der Waals surface area contributed by atoms with Crippen LogP contribution >= 0.6 is 0 Å². The van der Waals surface area contributed by atoms with Crippen molar-refractivity contribution >= 4 is 0 Å². The smallest absolute Gasteiger partial charge is 0.0233 e. The molecule has 1 saturated heterocycles. The summed E-state index contributed by atoms with van der Waals surface area (Å²) in [6.07, 6.45) is 2.31. The number of hydrogen-bond acceptors (Lipinski definition) is 2. The number of nitrogens with zero attached hydrogens (tertiary/aromatic N) is 1. The molecular formula is C14H20N2. The highest BCUT2D eigenvalue weighted by Crippen LogP contribution is 2.21. The summed E-state index contributed by atoms with van der Waals surface area (Å²) in [5.41, 5.74) is 8.01. The fourth-order valence-corrected chi connectivity index (χ4v) is 2.30. The first-order valence-electron chi connectivity index (χ1n) is 5.96. The van der Waals surface area contributed by atoms with Gasteiger partial charge in [0.15, 0.2) is 0 Å². The lowest BCUT2D eigenvalue weighted by molar-refractivity contribution is 0.191. The van der Waals surface area contributed by atoms with Crippen LogP contribution in [0.4, 0.5) is 0 Å². The molecule has 0 aromatic heterocycles. The topological polar surface area (TPSA) is 29.3 Å². The molecule has 0 saturated carbocycles. The van der Waals surface area contributed by atoms with Crippen LogP contribution in [-0.4, -0.2) is 18.0 Å². The highest BCUT2D eigenvalue weighted by molar-refractivity contribution is 5.14. The monoisotopic (exact) mass is 216 g/mol. The Morgan fingerprint density at radius 1 is 1.25 bits per heavy atom. The Morgan fingerprint density at radius 2 is 1.88 bits per heavy atom. The van der Waals surface area contributed by atoms with Crippen molar-refractivity contribution in [2.24, 2.45) is 11.7 Å². The van der Waals surface area contributed by atoms with Crippen molar-refractivity contribution in [3.63, 3.8) is 0 Å². The Morgan fingerprint density at radius 3 is 2.44 bits per heavy atom. The summed E-state index contributed by atoms with van der Waals surface area (Å²) < 4.78 is 0. The molecule has 1 aromatic rings. The van der Waals surface area contributed by atoms with Gasteiger partial charge in [0.1, 0.15) is 0 Å². The van der Waals surface area contributed by atoms with Crippen molar-refractivity contribution in [2.75, 3.05) is 13.1 Å². The zero-order valence-corrected chi connectivity index (χ0v) is 9.73. The van der Waals surface area contributed by atoms with Crippen LogP contribution in [0.1, 0.15) is 18.4 Å². The Hall–Kier alpha value is -1.28. The maximum Gasteiger partial charge on any atom is 0.0233 e. The average Bonchev–Trinajstić information content (AvgIpc) is 2.31. The van der Waals surface area contributed by atoms with E-state index in [1.54, 1.807) is 0 Å². The van der Waals surface area contributed by atoms with Crippen LogP contribution in [0, 0.1) is 5.92 Å². The predicted molar refractivity (Wildman–Crippen MR) is 67.8 cm³/mol. The van der Waals surface area contributed by atoms with Gasteiger partial charge in [-0.25, -0.2) is 0 Å². The van der Waals surface area contributed by atoms with E-state index in [2.05, 4.69) is 41.8 Å². The molecule has 1 aliphatic rings. The number of nitrogens with two attached hydrogens (primary N) is 1. The van der Waals surface area contributed by atoms with Gasteiger partial charge in [-0.1, -0.05) is 36.9 Å². The predicted octanol–water partition coefficient (Wildman–Crippen LogP) is 2.37. The second kappa shape index (κ2) is 5.17. The molecule has 0 spiro atoms. The second-order valence-corrected chi connectivity index (χ2v) is 4.61. The van der Waals surface area contributed by atoms with Gasteiger partial charge in [-0.15, -0.1) is 0 Å². The van der Waals surface area contributed by atoms with Crippen molar-refractivity contribution in [3.05, 3.63) is 48.2 Å². The highest BCUT2D eigenvalue weighted by atomic mass is 15.1. The van der Waals surface area contributed by atoms with Gasteiger partial charge in [0.25, 0.3) is 0 Å². The molecule has 2 rings (SSSR count). The molecule has 0 amide bonds. The van der Waals surface area contributed by atoms with Crippen LogP contribution in [0.2, 0.25) is 0 Å². The Bertz CT molecular complexity index is 337. The number of rotatable bonds is 3. The van der Waals surface area contributed by atoms with Gasteiger partial charge in [0, 0.05) is 18.2 Å². The molecule has 0 unspecified atom stereocenters. The van der Waals surface area contributed by atoms with Gasteiger partial charge in [-0.3, -0.25) is 4.90 Å². The Labute approximate surface area is 97.8 Å². The largest absolute Gasteiger partial charge is 0.402 e. The second-order valence-electron chi connectivity index (χ2n) is 4.61. The first-order valence-corrected chi connectivity index (χ1v) is 5.96. The van der Waals surface area contributed by atoms with Gasteiger partial charge in [-0.05, 0) is 31.5 Å². The number of allylic oxidation sites excluding steroid dienone is 1. The van der Waals surface area contributed by atoms with Gasteiger partial charge in [0.2, 0.25) is 0 Å². The standard InChI is InChI=1S/C14H20N2/c1-12(15)14-7-9-16(10-8-14)11-13-5-3-2-4-6-13/h2-6,14H,1,7-11,15H2. The quantitative estimate of drug-likeness (QED) is 0.840. The molecule has 1 heterocycles. The third kappa shape index (κ3) is 2.86. The molecule has 1 aliphatic heterocycles. The highest BCUT2D eigenvalue weighted by Gasteiger charge is 2.19. The summed E-state index contributed by atoms with van der Waals surface area (Å²) in [6, 6.07) is 10.6. The van der Waals surface area contributed by atoms with Gasteiger partial charge in [0.05, 0.1) is 0 Å². The normalized spacial score (nSPS) is 18.5. The summed E-state index contributed by atoms with van der Waals surface area (Å²) in [5, 5.41) is 0. The van der Waals surface area contributed by atoms with E-state index in [4.69, 9.17) is 5.73 Å². The summed E-state index contributed by atoms with van der Waals surface area (Å²) in [6.45, 7) is 7.18. The molecule has 2 nitrogen and oxygen atoms in total. The third-order valence-electron chi connectivity index (χ3n) is 3.36. The molecule has 0 radical (unpaired) electrons. The van der Waals surface area contributed by atoms with E-state index in [0.717, 1.165) is 38.2 Å². The third-order valence-corrected chi connectivity index (χ3v) is 3.36. The lowest BCUT2D eigenvalue weighted by Crippen LogP contribution is -2.34. The zero-order chi connectivity index (χ0) is 11.4. The van der Waals surface area contributed by atoms with Crippen molar-refractivity contribution in [1.82, 2.24) is 4.90 Å². The van der Waals surface area contributed by atoms with Crippen LogP contribution in [0.15, 0.2) is 42.6 Å². The first-order chi connectivity index (χ1) is 7.75. The fraction of sp³-hybridized carbons (Fsp3) is 0.429. The number of likely N-dealkylation sites (tertiary alicyclic amines) is 1. The van der Waals surface area contributed by atoms with E-state index < -0.39 is 0 Å². The summed E-state index contributed by atoms with van der Waals surface area (Å²) in [4.78, 5) is 2.49. The molecule has 1 aromatic carbocycles. The Balaban J connectivity index is 1.84. The van der Waals surface area contributed by atoms with Crippen molar-refractivity contribution in [3.8, 4) is 0 Å². The van der Waals surface area contributed by atoms with Crippen LogP contribution in [0.25, 0.3) is 0 Å². The van der Waals surface area contributed by atoms with Gasteiger partial charge < -0.3 is 5.73 Å². The van der Waals surface area contributed by atoms with Crippen molar-refractivity contribution < 1.29 is 0 Å². The molecule has 0 atom stereocenters. The lowest BCUT2D eigenvalue weighted by Gasteiger charge is -2.31. The van der Waals surface area contributed by atoms with Gasteiger partial charge in [-0.2, -0.15) is 0 Å². The minimum Gasteiger partial charge on any atom is -0.402 e. The number of hydrogen-bond donors (Lipinski definition) is 1.